The molecular weight excluding hydrogens is 269 g/mol. The third-order valence-corrected chi connectivity index (χ3v) is 4.33. The molecule has 100 valence electrons. The number of nitrogens with zero attached hydrogens (tertiary/aromatic N) is 3. The largest absolute Gasteiger partial charge is 0.286 e. The molecule has 1 aromatic rings. The van der Waals surface area contributed by atoms with Gasteiger partial charge < -0.3 is 0 Å². The molecule has 1 saturated heterocycles. The van der Waals surface area contributed by atoms with E-state index < -0.39 is 9.85 Å². The molecule has 1 aliphatic carbocycles. The van der Waals surface area contributed by atoms with Crippen molar-refractivity contribution in [1.82, 2.24) is 4.67 Å². The number of hydrogen-bond donors (Lipinski definition) is 0. The first-order valence-electron chi connectivity index (χ1n) is 5.93. The number of piperidine rings is 1. The van der Waals surface area contributed by atoms with Gasteiger partial charge >= 0.3 is 0 Å². The minimum Gasteiger partial charge on any atom is -0.286 e. The van der Waals surface area contributed by atoms with Crippen LogP contribution < -0.4 is 0 Å². The van der Waals surface area contributed by atoms with Gasteiger partial charge in [0.25, 0.3) is 11.4 Å². The van der Waals surface area contributed by atoms with Crippen LogP contribution in [-0.2, 0) is 0 Å². The maximum Gasteiger partial charge on any atom is 0.280 e. The van der Waals surface area contributed by atoms with Crippen LogP contribution in [0.5, 0.6) is 0 Å². The molecule has 7 nitrogen and oxygen atoms in total. The molecule has 19 heavy (non-hydrogen) atoms. The van der Waals surface area contributed by atoms with Gasteiger partial charge in [0.05, 0.1) is 15.9 Å². The van der Waals surface area contributed by atoms with E-state index >= 15 is 0 Å². The van der Waals surface area contributed by atoms with Crippen molar-refractivity contribution in [3.05, 3.63) is 43.5 Å². The Hall–Kier alpha value is -1.59. The molecule has 2 aliphatic rings. The van der Waals surface area contributed by atoms with Crippen LogP contribution in [0.25, 0.3) is 0 Å². The van der Waals surface area contributed by atoms with Crippen LogP contribution >= 0.6 is 9.39 Å². The summed E-state index contributed by atoms with van der Waals surface area (Å²) in [6.45, 7) is 1.51. The Morgan fingerprint density at radius 1 is 1.16 bits per heavy atom. The molecule has 0 spiro atoms. The second kappa shape index (κ2) is 4.21. The summed E-state index contributed by atoms with van der Waals surface area (Å²) >= 11 is 0. The maximum absolute atomic E-state index is 11.2. The van der Waals surface area contributed by atoms with Crippen molar-refractivity contribution in [2.75, 3.05) is 13.1 Å². The third kappa shape index (κ3) is 1.89. The van der Waals surface area contributed by atoms with Crippen molar-refractivity contribution >= 4 is 20.8 Å². The van der Waals surface area contributed by atoms with Crippen LogP contribution in [-0.4, -0.2) is 27.6 Å². The van der Waals surface area contributed by atoms with Gasteiger partial charge in [-0.25, -0.2) is 0 Å². The number of non-ortho nitro benzene ring substituents is 1. The molecule has 0 radical (unpaired) electrons. The first-order valence-corrected chi connectivity index (χ1v) is 6.45. The van der Waals surface area contributed by atoms with Crippen LogP contribution in [0.1, 0.15) is 29.4 Å². The summed E-state index contributed by atoms with van der Waals surface area (Å²) in [6, 6.07) is 2.60. The zero-order valence-corrected chi connectivity index (χ0v) is 11.1. The Morgan fingerprint density at radius 2 is 1.84 bits per heavy atom. The molecule has 1 fully saturated rings. The second-order valence-corrected chi connectivity index (χ2v) is 5.80. The Bertz CT molecular complexity index is 592. The highest BCUT2D eigenvalue weighted by molar-refractivity contribution is 7.13. The summed E-state index contributed by atoms with van der Waals surface area (Å²) in [5, 5.41) is 22.1. The molecular formula is C11H12N3O4P. The van der Waals surface area contributed by atoms with Gasteiger partial charge in [-0.2, -0.15) is 0 Å². The van der Waals surface area contributed by atoms with Crippen LogP contribution in [0.2, 0.25) is 0 Å². The normalized spacial score (nSPS) is 25.1. The van der Waals surface area contributed by atoms with Gasteiger partial charge in [-0.15, -0.1) is 0 Å². The summed E-state index contributed by atoms with van der Waals surface area (Å²) < 4.78 is 2.05. The maximum atomic E-state index is 11.2. The lowest BCUT2D eigenvalue weighted by molar-refractivity contribution is -0.394. The van der Waals surface area contributed by atoms with Crippen LogP contribution in [0.15, 0.2) is 12.1 Å². The van der Waals surface area contributed by atoms with E-state index in [0.29, 0.717) is 5.56 Å². The molecule has 2 bridgehead atoms. The topological polar surface area (TPSA) is 89.5 Å². The lowest BCUT2D eigenvalue weighted by atomic mass is 9.97. The highest BCUT2D eigenvalue weighted by atomic mass is 31.0. The summed E-state index contributed by atoms with van der Waals surface area (Å²) in [4.78, 5) is 21.0. The van der Waals surface area contributed by atoms with Gasteiger partial charge in [-0.05, 0) is 17.9 Å². The summed E-state index contributed by atoms with van der Waals surface area (Å²) in [5.74, 6) is 0.261. The minimum atomic E-state index is -0.561. The molecule has 0 amide bonds. The fourth-order valence-electron chi connectivity index (χ4n) is 3.25. The van der Waals surface area contributed by atoms with Gasteiger partial charge in [0.2, 0.25) is 0 Å². The number of fused-ring (bicyclic) bond motifs is 5. The van der Waals surface area contributed by atoms with Crippen LogP contribution in [0.3, 0.4) is 0 Å². The first kappa shape index (κ1) is 12.4. The highest BCUT2D eigenvalue weighted by Gasteiger charge is 2.42. The molecule has 1 unspecified atom stereocenters. The van der Waals surface area contributed by atoms with Crippen molar-refractivity contribution in [1.29, 1.82) is 0 Å². The van der Waals surface area contributed by atoms with Crippen LogP contribution in [0.4, 0.5) is 11.4 Å². The number of benzene rings is 1. The second-order valence-electron chi connectivity index (χ2n) is 5.07. The average molecular weight is 281 g/mol. The Labute approximate surface area is 111 Å². The molecule has 1 heterocycles. The van der Waals surface area contributed by atoms with Gasteiger partial charge in [-0.3, -0.25) is 24.9 Å². The monoisotopic (exact) mass is 281 g/mol. The molecule has 1 aliphatic heterocycles. The zero-order chi connectivity index (χ0) is 13.7. The summed E-state index contributed by atoms with van der Waals surface area (Å²) in [7, 11) is 2.61. The first-order chi connectivity index (χ1) is 8.97. The summed E-state index contributed by atoms with van der Waals surface area (Å²) in [5.41, 5.74) is 1.20. The van der Waals surface area contributed by atoms with E-state index in [4.69, 9.17) is 0 Å². The van der Waals surface area contributed by atoms with Gasteiger partial charge in [-0.1, -0.05) is 9.39 Å². The molecule has 0 N–H and O–H groups in total. The number of nitro groups is 2. The Morgan fingerprint density at radius 3 is 2.47 bits per heavy atom. The van der Waals surface area contributed by atoms with E-state index in [0.717, 1.165) is 31.1 Å². The van der Waals surface area contributed by atoms with Gasteiger partial charge in [0.15, 0.2) is 0 Å². The zero-order valence-electron chi connectivity index (χ0n) is 9.98. The lowest BCUT2D eigenvalue weighted by Crippen LogP contribution is -2.26. The fourth-order valence-corrected chi connectivity index (χ4v) is 3.76. The molecule has 0 saturated carbocycles. The van der Waals surface area contributed by atoms with E-state index in [2.05, 4.69) is 9.39 Å². The Balaban J connectivity index is 2.21. The average Bonchev–Trinajstić information content (AvgIpc) is 2.60. The van der Waals surface area contributed by atoms with E-state index in [9.17, 15) is 20.2 Å². The Kier molecular flexibility index (Phi) is 2.76. The van der Waals surface area contributed by atoms with E-state index in [1.807, 2.05) is 4.67 Å². The SMILES string of the molecule is O=[N+]([O-])c1cc2c(c([N+](=O)[O-])c1)[C@@H]1C[C@H]2CN(P)C1. The van der Waals surface area contributed by atoms with Gasteiger partial charge in [0, 0.05) is 30.6 Å². The van der Waals surface area contributed by atoms with Crippen molar-refractivity contribution in [2.24, 2.45) is 0 Å². The molecule has 1 aromatic carbocycles. The lowest BCUT2D eigenvalue weighted by Gasteiger charge is -2.27. The fraction of sp³-hybridized carbons (Fsp3) is 0.455. The summed E-state index contributed by atoms with van der Waals surface area (Å²) in [6.07, 6.45) is 0.849. The van der Waals surface area contributed by atoms with Gasteiger partial charge in [0.1, 0.15) is 0 Å². The molecule has 0 aromatic heterocycles. The van der Waals surface area contributed by atoms with Crippen molar-refractivity contribution in [2.45, 2.75) is 18.3 Å². The number of rotatable bonds is 2. The van der Waals surface area contributed by atoms with Crippen molar-refractivity contribution in [3.8, 4) is 0 Å². The van der Waals surface area contributed by atoms with Crippen molar-refractivity contribution in [3.63, 3.8) is 0 Å². The standard InChI is InChI=1S/C11H12N3O4P/c15-13(16)8-2-9-6-1-7(5-12(19)4-6)11(9)10(3-8)14(17)18/h2-3,6-7H,1,4-5,19H2/t6-,7+/m0/s1. The third-order valence-electron chi connectivity index (χ3n) is 3.91. The molecule has 8 heteroatoms. The minimum absolute atomic E-state index is 0.1000. The smallest absolute Gasteiger partial charge is 0.280 e. The molecule has 3 rings (SSSR count). The quantitative estimate of drug-likeness (QED) is 0.471. The van der Waals surface area contributed by atoms with Crippen molar-refractivity contribution < 1.29 is 9.85 Å². The predicted molar refractivity (Wildman–Crippen MR) is 71.1 cm³/mol. The predicted octanol–water partition coefficient (Wildman–Crippen LogP) is 2.18. The number of nitro benzene ring substituents is 2. The van der Waals surface area contributed by atoms with E-state index in [1.54, 1.807) is 0 Å². The van der Waals surface area contributed by atoms with Crippen LogP contribution in [0, 0.1) is 20.2 Å². The highest BCUT2D eigenvalue weighted by Crippen LogP contribution is 2.51. The number of hydrogen-bond acceptors (Lipinski definition) is 5. The molecule has 3 atom stereocenters. The van der Waals surface area contributed by atoms with E-state index in [1.165, 1.54) is 6.07 Å². The van der Waals surface area contributed by atoms with E-state index in [-0.39, 0.29) is 23.2 Å².